The number of aliphatic hydroxyl groups is 1. The third kappa shape index (κ3) is 0.767. The van der Waals surface area contributed by atoms with Crippen LogP contribution in [0.1, 0.15) is 6.92 Å². The minimum absolute atomic E-state index is 0.852. The van der Waals surface area contributed by atoms with Crippen LogP contribution in [0, 0.1) is 6.21 Å². The molecule has 3 nitrogen and oxygen atoms in total. The van der Waals surface area contributed by atoms with E-state index in [0.717, 1.165) is 4.80 Å². The summed E-state index contributed by atoms with van der Waals surface area (Å²) < 4.78 is 1.82. The third-order valence-corrected chi connectivity index (χ3v) is 2.09. The Hall–Kier alpha value is -0.740. The van der Waals surface area contributed by atoms with E-state index in [9.17, 15) is 5.11 Å². The van der Waals surface area contributed by atoms with Crippen LogP contribution in [-0.4, -0.2) is 10.8 Å². The fourth-order valence-electron chi connectivity index (χ4n) is 0.950. The normalized spacial score (nSPS) is 29.0. The number of nitrogens with zero attached hydrogens (tertiary/aromatic N) is 2. The fourth-order valence-corrected chi connectivity index (χ4v) is 1.74. The summed E-state index contributed by atoms with van der Waals surface area (Å²) in [4.78, 5) is 4.88. The van der Waals surface area contributed by atoms with Gasteiger partial charge < -0.3 is 5.11 Å². The summed E-state index contributed by atoms with van der Waals surface area (Å²) in [5.41, 5.74) is -0.993. The zero-order valence-corrected chi connectivity index (χ0v) is 6.30. The highest BCUT2D eigenvalue weighted by Crippen LogP contribution is 2.04. The minimum atomic E-state index is -0.993. The van der Waals surface area contributed by atoms with Crippen molar-refractivity contribution in [2.75, 3.05) is 0 Å². The van der Waals surface area contributed by atoms with E-state index in [2.05, 4.69) is 4.99 Å². The van der Waals surface area contributed by atoms with Crippen LogP contribution >= 0.6 is 11.3 Å². The molecule has 1 atom stereocenters. The zero-order valence-electron chi connectivity index (χ0n) is 5.48. The summed E-state index contributed by atoms with van der Waals surface area (Å²) in [6.07, 6.45) is 3.56. The van der Waals surface area contributed by atoms with Crippen LogP contribution in [0.5, 0.6) is 0 Å². The van der Waals surface area contributed by atoms with Gasteiger partial charge in [0.2, 0.25) is 0 Å². The van der Waals surface area contributed by atoms with Crippen LogP contribution in [0.15, 0.2) is 16.6 Å². The molecule has 0 fully saturated rings. The quantitative estimate of drug-likeness (QED) is 0.499. The molecule has 0 saturated heterocycles. The minimum Gasteiger partial charge on any atom is -0.344 e. The molecule has 1 aromatic heterocycles. The first kappa shape index (κ1) is 6.00. The Morgan fingerprint density at radius 2 is 2.60 bits per heavy atom. The second-order valence-corrected chi connectivity index (χ2v) is 3.30. The molecule has 10 heavy (non-hydrogen) atoms. The van der Waals surface area contributed by atoms with Gasteiger partial charge in [-0.1, -0.05) is 11.3 Å². The molecule has 0 bridgehead atoms. The summed E-state index contributed by atoms with van der Waals surface area (Å²) in [6.45, 7) is 1.66. The van der Waals surface area contributed by atoms with Gasteiger partial charge in [-0.25, -0.2) is 0 Å². The van der Waals surface area contributed by atoms with Crippen molar-refractivity contribution in [3.05, 3.63) is 22.6 Å². The molecule has 1 aliphatic heterocycles. The molecule has 0 amide bonds. The number of rotatable bonds is 0. The van der Waals surface area contributed by atoms with Crippen molar-refractivity contribution in [1.29, 1.82) is 0 Å². The van der Waals surface area contributed by atoms with E-state index in [4.69, 9.17) is 0 Å². The van der Waals surface area contributed by atoms with Crippen molar-refractivity contribution in [1.82, 2.24) is 0 Å². The van der Waals surface area contributed by atoms with Gasteiger partial charge in [-0.3, -0.25) is 0 Å². The lowest BCUT2D eigenvalue weighted by Crippen LogP contribution is -2.28. The molecule has 1 aliphatic rings. The summed E-state index contributed by atoms with van der Waals surface area (Å²) in [5, 5.41) is 11.3. The molecule has 4 heteroatoms. The predicted molar refractivity (Wildman–Crippen MR) is 36.0 cm³/mol. The van der Waals surface area contributed by atoms with E-state index in [1.54, 1.807) is 13.1 Å². The Bertz CT molecular complexity index is 333. The molecule has 0 aromatic carbocycles. The molecule has 2 heterocycles. The molecule has 1 N–H and O–H groups in total. The Morgan fingerprint density at radius 1 is 1.80 bits per heavy atom. The molecule has 52 valence electrons. The molecule has 0 radical (unpaired) electrons. The molecular weight excluding hydrogens is 148 g/mol. The van der Waals surface area contributed by atoms with Gasteiger partial charge in [0.15, 0.2) is 6.21 Å². The summed E-state index contributed by atoms with van der Waals surface area (Å²) in [6, 6.07) is 0. The first-order valence-electron chi connectivity index (χ1n) is 2.97. The second-order valence-electron chi connectivity index (χ2n) is 2.43. The second kappa shape index (κ2) is 1.65. The number of hydrogen-bond acceptors (Lipinski definition) is 3. The van der Waals surface area contributed by atoms with E-state index in [1.807, 2.05) is 15.8 Å². The lowest BCUT2D eigenvalue weighted by atomic mass is 10.3. The van der Waals surface area contributed by atoms with Crippen LogP contribution in [0.3, 0.4) is 0 Å². The predicted octanol–water partition coefficient (Wildman–Crippen LogP) is -0.613. The van der Waals surface area contributed by atoms with Gasteiger partial charge >= 0.3 is 10.5 Å². The van der Waals surface area contributed by atoms with Crippen molar-refractivity contribution < 1.29 is 9.35 Å². The molecule has 0 aliphatic carbocycles. The van der Waals surface area contributed by atoms with E-state index in [-0.39, 0.29) is 0 Å². The number of aromatic nitrogens is 1. The van der Waals surface area contributed by atoms with Crippen LogP contribution in [0.4, 0.5) is 0 Å². The molecular formula is C6H7N2OS+. The third-order valence-electron chi connectivity index (χ3n) is 1.32. The molecule has 0 saturated carbocycles. The van der Waals surface area contributed by atoms with Crippen molar-refractivity contribution in [2.45, 2.75) is 12.6 Å². The van der Waals surface area contributed by atoms with Crippen molar-refractivity contribution >= 4 is 11.3 Å². The highest BCUT2D eigenvalue weighted by molar-refractivity contribution is 7.06. The van der Waals surface area contributed by atoms with Gasteiger partial charge in [-0.2, -0.15) is 4.24 Å². The summed E-state index contributed by atoms with van der Waals surface area (Å²) in [5.74, 6) is 0. The Kier molecular flexibility index (Phi) is 0.988. The van der Waals surface area contributed by atoms with Crippen molar-refractivity contribution in [2.24, 2.45) is 4.99 Å². The Morgan fingerprint density at radius 3 is 3.30 bits per heavy atom. The van der Waals surface area contributed by atoms with Crippen molar-refractivity contribution in [3.8, 4) is 0 Å². The monoisotopic (exact) mass is 155 g/mol. The maximum atomic E-state index is 9.37. The lowest BCUT2D eigenvalue weighted by molar-refractivity contribution is -0.519. The van der Waals surface area contributed by atoms with E-state index >= 15 is 0 Å². The Balaban J connectivity index is 2.80. The first-order valence-corrected chi connectivity index (χ1v) is 3.85. The van der Waals surface area contributed by atoms with Gasteiger partial charge in [0.25, 0.3) is 0 Å². The Labute approximate surface area is 61.6 Å². The fraction of sp³-hybridized carbons (Fsp3) is 0.333. The number of thiazole rings is 1. The van der Waals surface area contributed by atoms with E-state index < -0.39 is 5.72 Å². The van der Waals surface area contributed by atoms with Crippen LogP contribution in [0.25, 0.3) is 0 Å². The van der Waals surface area contributed by atoms with E-state index in [1.165, 1.54) is 11.3 Å². The number of hydrogen-bond donors (Lipinski definition) is 1. The van der Waals surface area contributed by atoms with Gasteiger partial charge in [-0.05, 0) is 4.99 Å². The van der Waals surface area contributed by atoms with Crippen LogP contribution in [0.2, 0.25) is 0 Å². The van der Waals surface area contributed by atoms with E-state index in [0.29, 0.717) is 0 Å². The standard InChI is InChI=1S/C6H7N2OS/c1-6(9)4-8-2-3-10-5(8)7-6/h2-4,9H,1H3/q+1. The molecule has 0 spiro atoms. The van der Waals surface area contributed by atoms with Gasteiger partial charge in [-0.15, -0.1) is 0 Å². The van der Waals surface area contributed by atoms with Crippen LogP contribution < -0.4 is 9.04 Å². The largest absolute Gasteiger partial charge is 0.384 e. The molecule has 1 aromatic rings. The SMILES string of the molecule is CC1(O)C=[n+]2ccsc2=N1. The molecule has 1 unspecified atom stereocenters. The van der Waals surface area contributed by atoms with Crippen molar-refractivity contribution in [3.63, 3.8) is 0 Å². The lowest BCUT2D eigenvalue weighted by Gasteiger charge is -1.95. The van der Waals surface area contributed by atoms with Gasteiger partial charge in [0.1, 0.15) is 6.20 Å². The topological polar surface area (TPSA) is 38.5 Å². The maximum absolute atomic E-state index is 9.37. The maximum Gasteiger partial charge on any atom is 0.384 e. The average molecular weight is 155 g/mol. The first-order chi connectivity index (χ1) is 4.67. The highest BCUT2D eigenvalue weighted by atomic mass is 32.1. The zero-order chi connectivity index (χ0) is 7.19. The average Bonchev–Trinajstić information content (AvgIpc) is 2.20. The molecule has 2 rings (SSSR count). The summed E-state index contributed by atoms with van der Waals surface area (Å²) >= 11 is 1.52. The number of fused-ring (bicyclic) bond motifs is 1. The summed E-state index contributed by atoms with van der Waals surface area (Å²) in [7, 11) is 0. The van der Waals surface area contributed by atoms with Gasteiger partial charge in [0, 0.05) is 12.3 Å². The smallest absolute Gasteiger partial charge is 0.344 e. The van der Waals surface area contributed by atoms with Gasteiger partial charge in [0.05, 0.1) is 0 Å². The van der Waals surface area contributed by atoms with Crippen LogP contribution in [-0.2, 0) is 0 Å². The highest BCUT2D eigenvalue weighted by Gasteiger charge is 2.30.